The van der Waals surface area contributed by atoms with Gasteiger partial charge in [-0.3, -0.25) is 4.79 Å². The van der Waals surface area contributed by atoms with Crippen molar-refractivity contribution in [2.45, 2.75) is 58.4 Å². The summed E-state index contributed by atoms with van der Waals surface area (Å²) in [5.41, 5.74) is 5.45. The number of anilines is 1. The van der Waals surface area contributed by atoms with Crippen LogP contribution in [0.1, 0.15) is 61.9 Å². The Bertz CT molecular complexity index is 1390. The summed E-state index contributed by atoms with van der Waals surface area (Å²) in [6.45, 7) is 8.64. The number of para-hydroxylation sites is 2. The number of amides is 1. The molecule has 5 nitrogen and oxygen atoms in total. The van der Waals surface area contributed by atoms with Gasteiger partial charge in [-0.15, -0.1) is 0 Å². The molecular formula is C31H34ClN3O2. The number of ether oxygens (including phenoxy) is 1. The van der Waals surface area contributed by atoms with Crippen LogP contribution >= 0.6 is 11.6 Å². The molecule has 0 spiro atoms. The minimum absolute atomic E-state index is 0.0488. The fourth-order valence-electron chi connectivity index (χ4n) is 5.19. The summed E-state index contributed by atoms with van der Waals surface area (Å²) in [6.07, 6.45) is 2.37. The Labute approximate surface area is 224 Å². The van der Waals surface area contributed by atoms with Gasteiger partial charge in [0.1, 0.15) is 11.6 Å². The maximum Gasteiger partial charge on any atom is 0.227 e. The fraction of sp³-hybridized carbons (Fsp3) is 0.355. The second-order valence-electron chi connectivity index (χ2n) is 10.2. The van der Waals surface area contributed by atoms with Crippen LogP contribution in [0.2, 0.25) is 5.02 Å². The molecule has 2 heterocycles. The van der Waals surface area contributed by atoms with Crippen molar-refractivity contribution in [1.29, 1.82) is 0 Å². The molecule has 0 N–H and O–H groups in total. The number of nitrogens with zero attached hydrogens (tertiary/aromatic N) is 3. The molecule has 0 saturated carbocycles. The van der Waals surface area contributed by atoms with Crippen LogP contribution in [-0.4, -0.2) is 28.6 Å². The fourth-order valence-corrected chi connectivity index (χ4v) is 5.32. The highest BCUT2D eigenvalue weighted by atomic mass is 35.5. The zero-order valence-electron chi connectivity index (χ0n) is 21.8. The lowest BCUT2D eigenvalue weighted by molar-refractivity contribution is -0.117. The van der Waals surface area contributed by atoms with Crippen molar-refractivity contribution in [1.82, 2.24) is 9.55 Å². The molecule has 0 radical (unpaired) electrons. The number of unbranched alkanes of at least 4 members (excludes halogenated alkanes) is 1. The highest BCUT2D eigenvalue weighted by Crippen LogP contribution is 2.34. The van der Waals surface area contributed by atoms with E-state index in [0.29, 0.717) is 30.5 Å². The molecule has 1 fully saturated rings. The Morgan fingerprint density at radius 2 is 1.84 bits per heavy atom. The zero-order chi connectivity index (χ0) is 25.9. The Morgan fingerprint density at radius 1 is 1.05 bits per heavy atom. The van der Waals surface area contributed by atoms with Gasteiger partial charge in [0.15, 0.2) is 0 Å². The van der Waals surface area contributed by atoms with Crippen molar-refractivity contribution in [2.24, 2.45) is 0 Å². The molecule has 6 heteroatoms. The predicted octanol–water partition coefficient (Wildman–Crippen LogP) is 7.50. The number of hydrogen-bond donors (Lipinski definition) is 0. The number of carbonyl (C=O) groups excluding carboxylic acids is 1. The maximum absolute atomic E-state index is 12.9. The number of aromatic nitrogens is 2. The Kier molecular flexibility index (Phi) is 7.52. The molecule has 1 aliphatic heterocycles. The van der Waals surface area contributed by atoms with E-state index >= 15 is 0 Å². The Morgan fingerprint density at radius 3 is 2.62 bits per heavy atom. The van der Waals surface area contributed by atoms with Crippen LogP contribution in [0.25, 0.3) is 11.0 Å². The molecule has 1 aromatic heterocycles. The molecule has 1 atom stereocenters. The minimum Gasteiger partial charge on any atom is -0.493 e. The van der Waals surface area contributed by atoms with E-state index in [4.69, 9.17) is 21.3 Å². The summed E-state index contributed by atoms with van der Waals surface area (Å²) < 4.78 is 8.53. The van der Waals surface area contributed by atoms with E-state index in [9.17, 15) is 4.79 Å². The third-order valence-corrected chi connectivity index (χ3v) is 7.39. The first-order chi connectivity index (χ1) is 17.9. The summed E-state index contributed by atoms with van der Waals surface area (Å²) >= 11 is 6.05. The topological polar surface area (TPSA) is 47.4 Å². The van der Waals surface area contributed by atoms with E-state index in [1.807, 2.05) is 35.2 Å². The molecule has 37 heavy (non-hydrogen) atoms. The van der Waals surface area contributed by atoms with Crippen LogP contribution in [0.4, 0.5) is 5.69 Å². The molecule has 5 rings (SSSR count). The number of imidazole rings is 1. The Balaban J connectivity index is 1.28. The van der Waals surface area contributed by atoms with E-state index in [0.717, 1.165) is 47.7 Å². The second-order valence-corrected chi connectivity index (χ2v) is 10.7. The first-order valence-corrected chi connectivity index (χ1v) is 13.5. The first kappa shape index (κ1) is 25.3. The summed E-state index contributed by atoms with van der Waals surface area (Å²) in [5, 5.41) is 0.667. The van der Waals surface area contributed by atoms with Crippen LogP contribution in [0, 0.1) is 6.92 Å². The van der Waals surface area contributed by atoms with E-state index in [-0.39, 0.29) is 11.8 Å². The van der Waals surface area contributed by atoms with E-state index in [2.05, 4.69) is 61.7 Å². The number of rotatable bonds is 9. The third-order valence-electron chi connectivity index (χ3n) is 7.14. The van der Waals surface area contributed by atoms with Crippen molar-refractivity contribution in [2.75, 3.05) is 18.1 Å². The number of aryl methyl sites for hydroxylation is 2. The van der Waals surface area contributed by atoms with Crippen LogP contribution in [0.5, 0.6) is 5.75 Å². The molecule has 1 saturated heterocycles. The number of benzene rings is 3. The van der Waals surface area contributed by atoms with Gasteiger partial charge in [-0.25, -0.2) is 4.98 Å². The van der Waals surface area contributed by atoms with Gasteiger partial charge in [0.05, 0.1) is 17.6 Å². The first-order valence-electron chi connectivity index (χ1n) is 13.1. The van der Waals surface area contributed by atoms with Crippen molar-refractivity contribution in [3.8, 4) is 5.75 Å². The lowest BCUT2D eigenvalue weighted by Gasteiger charge is -2.18. The monoisotopic (exact) mass is 515 g/mol. The van der Waals surface area contributed by atoms with Crippen LogP contribution in [0.3, 0.4) is 0 Å². The van der Waals surface area contributed by atoms with Crippen LogP contribution in [-0.2, 0) is 11.3 Å². The molecule has 0 aliphatic carbocycles. The van der Waals surface area contributed by atoms with Gasteiger partial charge < -0.3 is 14.2 Å². The summed E-state index contributed by atoms with van der Waals surface area (Å²) in [7, 11) is 0. The molecule has 192 valence electrons. The molecular weight excluding hydrogens is 482 g/mol. The van der Waals surface area contributed by atoms with E-state index in [1.54, 1.807) is 0 Å². The summed E-state index contributed by atoms with van der Waals surface area (Å²) in [6, 6.07) is 22.2. The van der Waals surface area contributed by atoms with Crippen LogP contribution < -0.4 is 9.64 Å². The van der Waals surface area contributed by atoms with Gasteiger partial charge in [0.25, 0.3) is 0 Å². The summed E-state index contributed by atoms with van der Waals surface area (Å²) in [5.74, 6) is 2.59. The lowest BCUT2D eigenvalue weighted by Crippen LogP contribution is -2.24. The Hall–Kier alpha value is -3.31. The normalized spacial score (nSPS) is 15.8. The molecule has 4 aromatic rings. The van der Waals surface area contributed by atoms with E-state index < -0.39 is 0 Å². The molecule has 0 bridgehead atoms. The van der Waals surface area contributed by atoms with Gasteiger partial charge >= 0.3 is 0 Å². The van der Waals surface area contributed by atoms with Gasteiger partial charge in [0, 0.05) is 36.1 Å². The zero-order valence-corrected chi connectivity index (χ0v) is 22.5. The highest BCUT2D eigenvalue weighted by Gasteiger charge is 2.34. The largest absolute Gasteiger partial charge is 0.493 e. The smallest absolute Gasteiger partial charge is 0.227 e. The van der Waals surface area contributed by atoms with Crippen LogP contribution in [0.15, 0.2) is 66.7 Å². The molecule has 1 unspecified atom stereocenters. The highest BCUT2D eigenvalue weighted by molar-refractivity contribution is 6.30. The van der Waals surface area contributed by atoms with Gasteiger partial charge in [-0.2, -0.15) is 0 Å². The van der Waals surface area contributed by atoms with Crippen molar-refractivity contribution >= 4 is 34.2 Å². The number of fused-ring (bicyclic) bond motifs is 1. The minimum atomic E-state index is 0.0488. The number of carbonyl (C=O) groups is 1. The number of halogens is 1. The molecule has 3 aromatic carbocycles. The predicted molar refractivity (Wildman–Crippen MR) is 151 cm³/mol. The van der Waals surface area contributed by atoms with Gasteiger partial charge in [-0.05, 0) is 79.3 Å². The third kappa shape index (κ3) is 5.52. The average Bonchev–Trinajstić information content (AvgIpc) is 3.44. The lowest BCUT2D eigenvalue weighted by atomic mass is 10.0. The second kappa shape index (κ2) is 11.0. The van der Waals surface area contributed by atoms with Crippen molar-refractivity contribution in [3.63, 3.8) is 0 Å². The van der Waals surface area contributed by atoms with Gasteiger partial charge in [0.2, 0.25) is 5.91 Å². The van der Waals surface area contributed by atoms with Gasteiger partial charge in [-0.1, -0.05) is 49.7 Å². The standard InChI is InChI=1S/C31H34ClN3O2/c1-21(2)26-15-10-22(3)18-29(26)37-17-7-6-16-34-28-9-5-4-8-27(28)33-31(34)23-19-30(36)35(20-23)25-13-11-24(32)12-14-25/h4-5,8-15,18,21,23H,6-7,16-17,19-20H2,1-3H3. The van der Waals surface area contributed by atoms with E-state index in [1.165, 1.54) is 11.1 Å². The molecule has 1 aliphatic rings. The SMILES string of the molecule is Cc1ccc(C(C)C)c(OCCCCn2c(C3CC(=O)N(c4ccc(Cl)cc4)C3)nc3ccccc32)c1. The summed E-state index contributed by atoms with van der Waals surface area (Å²) in [4.78, 5) is 19.8. The molecule has 1 amide bonds. The maximum atomic E-state index is 12.9. The average molecular weight is 516 g/mol. The number of hydrogen-bond acceptors (Lipinski definition) is 3. The van der Waals surface area contributed by atoms with Crippen molar-refractivity contribution in [3.05, 3.63) is 88.7 Å². The quantitative estimate of drug-likeness (QED) is 0.217. The van der Waals surface area contributed by atoms with Crippen molar-refractivity contribution < 1.29 is 9.53 Å².